The van der Waals surface area contributed by atoms with Crippen molar-refractivity contribution in [2.75, 3.05) is 7.11 Å². The van der Waals surface area contributed by atoms with Crippen LogP contribution in [0.3, 0.4) is 0 Å². The zero-order valence-corrected chi connectivity index (χ0v) is 14.6. The van der Waals surface area contributed by atoms with Gasteiger partial charge < -0.3 is 8.85 Å². The number of rotatable bonds is 6. The van der Waals surface area contributed by atoms with Crippen LogP contribution >= 0.6 is 0 Å². The Hall–Kier alpha value is -2.20. The van der Waals surface area contributed by atoms with E-state index in [1.54, 1.807) is 7.11 Å². The van der Waals surface area contributed by atoms with Gasteiger partial charge in [0.05, 0.1) is 0 Å². The Morgan fingerprint density at radius 1 is 0.609 bits per heavy atom. The average Bonchev–Trinajstić information content (AvgIpc) is 2.65. The molecule has 0 aliphatic carbocycles. The Kier molecular flexibility index (Phi) is 5.03. The van der Waals surface area contributed by atoms with E-state index in [0.29, 0.717) is 0 Å². The minimum absolute atomic E-state index is 0.633. The number of hydrogen-bond acceptors (Lipinski definition) is 2. The highest BCUT2D eigenvalue weighted by Crippen LogP contribution is 2.39. The third kappa shape index (κ3) is 3.12. The average molecular weight is 320 g/mol. The van der Waals surface area contributed by atoms with Crippen molar-refractivity contribution in [1.82, 2.24) is 0 Å². The summed E-state index contributed by atoms with van der Waals surface area (Å²) in [6, 6.07) is 31.1. The minimum Gasteiger partial charge on any atom is -0.402 e. The van der Waals surface area contributed by atoms with Crippen LogP contribution in [0.4, 0.5) is 0 Å². The van der Waals surface area contributed by atoms with Crippen LogP contribution in [0.5, 0.6) is 0 Å². The van der Waals surface area contributed by atoms with E-state index < -0.39 is 15.6 Å². The zero-order chi connectivity index (χ0) is 16.0. The van der Waals surface area contributed by atoms with E-state index in [9.17, 15) is 0 Å². The molecule has 0 aliphatic heterocycles. The Bertz CT molecular complexity index is 618. The smallest absolute Gasteiger partial charge is 0.305 e. The van der Waals surface area contributed by atoms with E-state index in [1.165, 1.54) is 0 Å². The predicted octanol–water partition coefficient (Wildman–Crippen LogP) is 3.64. The molecule has 0 saturated carbocycles. The van der Waals surface area contributed by atoms with Gasteiger partial charge in [-0.3, -0.25) is 0 Å². The number of hydrogen-bond donors (Lipinski definition) is 0. The van der Waals surface area contributed by atoms with Crippen LogP contribution in [0.25, 0.3) is 0 Å². The second-order valence-corrected chi connectivity index (χ2v) is 6.43. The molecule has 0 atom stereocenters. The molecule has 3 aromatic carbocycles. The maximum Gasteiger partial charge on any atom is 0.305 e. The van der Waals surface area contributed by atoms with Gasteiger partial charge in [-0.1, -0.05) is 91.0 Å². The van der Waals surface area contributed by atoms with Gasteiger partial charge in [-0.15, -0.1) is 0 Å². The molecule has 116 valence electrons. The maximum atomic E-state index is 6.45. The molecule has 23 heavy (non-hydrogen) atoms. The molecular formula is C20H20O2Si. The monoisotopic (exact) mass is 320 g/mol. The van der Waals surface area contributed by atoms with Gasteiger partial charge in [0.25, 0.3) is 0 Å². The third-order valence-corrected chi connectivity index (χ3v) is 4.72. The van der Waals surface area contributed by atoms with Crippen LogP contribution < -0.4 is 0 Å². The third-order valence-electron chi connectivity index (χ3n) is 3.93. The first-order chi connectivity index (χ1) is 11.4. The lowest BCUT2D eigenvalue weighted by atomic mass is 9.80. The van der Waals surface area contributed by atoms with Crippen LogP contribution in [0, 0.1) is 0 Å². The first kappa shape index (κ1) is 15.7. The molecule has 3 heteroatoms. The second kappa shape index (κ2) is 7.37. The molecule has 0 radical (unpaired) electrons. The lowest BCUT2D eigenvalue weighted by molar-refractivity contribution is 0.128. The molecule has 0 amide bonds. The van der Waals surface area contributed by atoms with Gasteiger partial charge in [-0.25, -0.2) is 0 Å². The molecule has 0 N–H and O–H groups in total. The van der Waals surface area contributed by atoms with Crippen molar-refractivity contribution in [2.45, 2.75) is 5.60 Å². The van der Waals surface area contributed by atoms with Gasteiger partial charge >= 0.3 is 10.0 Å². The SMILES string of the molecule is CO[SiH2]OC(c1ccccc1)(c1ccccc1)c1ccccc1. The Labute approximate surface area is 139 Å². The summed E-state index contributed by atoms with van der Waals surface area (Å²) in [4.78, 5) is 0. The Morgan fingerprint density at radius 3 is 1.26 bits per heavy atom. The highest BCUT2D eigenvalue weighted by atomic mass is 28.3. The predicted molar refractivity (Wildman–Crippen MR) is 95.8 cm³/mol. The number of benzene rings is 3. The highest BCUT2D eigenvalue weighted by molar-refractivity contribution is 6.18. The summed E-state index contributed by atoms with van der Waals surface area (Å²) >= 11 is 0. The molecular weight excluding hydrogens is 300 g/mol. The van der Waals surface area contributed by atoms with Crippen molar-refractivity contribution < 1.29 is 8.85 Å². The van der Waals surface area contributed by atoms with Crippen LogP contribution in [0.15, 0.2) is 91.0 Å². The molecule has 0 fully saturated rings. The van der Waals surface area contributed by atoms with E-state index >= 15 is 0 Å². The van der Waals surface area contributed by atoms with Crippen molar-refractivity contribution in [3.8, 4) is 0 Å². The first-order valence-electron chi connectivity index (χ1n) is 7.67. The van der Waals surface area contributed by atoms with Gasteiger partial charge in [-0.05, 0) is 16.7 Å². The molecule has 3 rings (SSSR count). The minimum atomic E-state index is -1.11. The maximum absolute atomic E-state index is 6.45. The molecule has 2 nitrogen and oxygen atoms in total. The summed E-state index contributed by atoms with van der Waals surface area (Å²) in [5.41, 5.74) is 2.71. The molecule has 0 bridgehead atoms. The summed E-state index contributed by atoms with van der Waals surface area (Å²) in [5, 5.41) is 0. The van der Waals surface area contributed by atoms with Crippen molar-refractivity contribution in [3.05, 3.63) is 108 Å². The van der Waals surface area contributed by atoms with Crippen LogP contribution in [-0.2, 0) is 14.5 Å². The first-order valence-corrected chi connectivity index (χ1v) is 8.83. The van der Waals surface area contributed by atoms with Gasteiger partial charge in [0.15, 0.2) is 0 Å². The summed E-state index contributed by atoms with van der Waals surface area (Å²) in [6.07, 6.45) is 0. The fourth-order valence-electron chi connectivity index (χ4n) is 2.92. The fraction of sp³-hybridized carbons (Fsp3) is 0.100. The molecule has 0 saturated heterocycles. The van der Waals surface area contributed by atoms with Crippen LogP contribution in [0.1, 0.15) is 16.7 Å². The summed E-state index contributed by atoms with van der Waals surface area (Å²) in [6.45, 7) is 0. The summed E-state index contributed by atoms with van der Waals surface area (Å²) in [7, 11) is 0.592. The van der Waals surface area contributed by atoms with E-state index in [4.69, 9.17) is 8.85 Å². The lowest BCUT2D eigenvalue weighted by Gasteiger charge is -2.36. The molecule has 3 aromatic rings. The molecule has 0 aromatic heterocycles. The van der Waals surface area contributed by atoms with Gasteiger partial charge in [-0.2, -0.15) is 0 Å². The van der Waals surface area contributed by atoms with E-state index in [-0.39, 0.29) is 0 Å². The van der Waals surface area contributed by atoms with Crippen LogP contribution in [-0.4, -0.2) is 17.1 Å². The van der Waals surface area contributed by atoms with E-state index in [0.717, 1.165) is 16.7 Å². The van der Waals surface area contributed by atoms with Crippen molar-refractivity contribution in [2.24, 2.45) is 0 Å². The molecule has 0 heterocycles. The fourth-order valence-corrected chi connectivity index (χ4v) is 3.71. The standard InChI is InChI=1S/C20H20O2Si/c1-21-23-22-20(17-11-5-2-6-12-17,18-13-7-3-8-14-18)19-15-9-4-10-16-19/h2-16H,23H2,1H3. The molecule has 0 spiro atoms. The largest absolute Gasteiger partial charge is 0.402 e. The summed E-state index contributed by atoms with van der Waals surface area (Å²) < 4.78 is 11.8. The molecule has 0 unspecified atom stereocenters. The second-order valence-electron chi connectivity index (χ2n) is 5.33. The van der Waals surface area contributed by atoms with E-state index in [1.807, 2.05) is 54.6 Å². The summed E-state index contributed by atoms with van der Waals surface area (Å²) in [5.74, 6) is 0. The van der Waals surface area contributed by atoms with Crippen molar-refractivity contribution >= 4 is 10.0 Å². The topological polar surface area (TPSA) is 18.5 Å². The Morgan fingerprint density at radius 2 is 0.957 bits per heavy atom. The zero-order valence-electron chi connectivity index (χ0n) is 13.2. The Balaban J connectivity index is 2.25. The highest BCUT2D eigenvalue weighted by Gasteiger charge is 2.37. The van der Waals surface area contributed by atoms with Gasteiger partial charge in [0.2, 0.25) is 0 Å². The lowest BCUT2D eigenvalue weighted by Crippen LogP contribution is -2.34. The molecule has 0 aliphatic rings. The quantitative estimate of drug-likeness (QED) is 0.510. The van der Waals surface area contributed by atoms with Crippen LogP contribution in [0.2, 0.25) is 0 Å². The van der Waals surface area contributed by atoms with E-state index in [2.05, 4.69) is 36.4 Å². The van der Waals surface area contributed by atoms with Crippen molar-refractivity contribution in [3.63, 3.8) is 0 Å². The normalized spacial score (nSPS) is 11.9. The van der Waals surface area contributed by atoms with Gasteiger partial charge in [0, 0.05) is 7.11 Å². The van der Waals surface area contributed by atoms with Gasteiger partial charge in [0.1, 0.15) is 5.60 Å². The van der Waals surface area contributed by atoms with Crippen molar-refractivity contribution in [1.29, 1.82) is 0 Å².